The lowest BCUT2D eigenvalue weighted by atomic mass is 9.85. The van der Waals surface area contributed by atoms with E-state index >= 15 is 0 Å². The van der Waals surface area contributed by atoms with E-state index in [-0.39, 0.29) is 5.41 Å². The molecule has 2 heteroatoms. The summed E-state index contributed by atoms with van der Waals surface area (Å²) in [6, 6.07) is 11.8. The Bertz CT molecular complexity index is 442. The maximum atomic E-state index is 9.17. The van der Waals surface area contributed by atoms with Gasteiger partial charge in [-0.25, -0.2) is 0 Å². The third-order valence-electron chi connectivity index (χ3n) is 3.75. The molecular weight excluding hydrogens is 208 g/mol. The molecule has 0 amide bonds. The molecule has 0 aliphatic carbocycles. The summed E-state index contributed by atoms with van der Waals surface area (Å²) in [4.78, 5) is 0. The zero-order valence-corrected chi connectivity index (χ0v) is 10.8. The molecule has 0 bridgehead atoms. The largest absolute Gasteiger partial charge is 0.306 e. The van der Waals surface area contributed by atoms with Gasteiger partial charge >= 0.3 is 0 Å². The van der Waals surface area contributed by atoms with E-state index in [1.54, 1.807) is 0 Å². The number of aryl methyl sites for hydroxylation is 1. The molecule has 17 heavy (non-hydrogen) atoms. The Morgan fingerprint density at radius 1 is 1.35 bits per heavy atom. The van der Waals surface area contributed by atoms with Gasteiger partial charge in [-0.05, 0) is 39.2 Å². The lowest BCUT2D eigenvalue weighted by Crippen LogP contribution is -2.37. The molecule has 1 heterocycles. The molecule has 2 rings (SSSR count). The highest BCUT2D eigenvalue weighted by Gasteiger charge is 2.36. The summed E-state index contributed by atoms with van der Waals surface area (Å²) in [5.74, 6) is 0. The Morgan fingerprint density at radius 2 is 2.12 bits per heavy atom. The van der Waals surface area contributed by atoms with Crippen LogP contribution in [0.2, 0.25) is 0 Å². The van der Waals surface area contributed by atoms with Crippen LogP contribution in [-0.4, -0.2) is 6.04 Å². The first-order valence-electron chi connectivity index (χ1n) is 6.27. The normalized spacial score (nSPS) is 24.6. The second-order valence-electron chi connectivity index (χ2n) is 5.60. The summed E-state index contributed by atoms with van der Waals surface area (Å²) in [5.41, 5.74) is 2.37. The van der Waals surface area contributed by atoms with Crippen LogP contribution in [-0.2, 0) is 0 Å². The third kappa shape index (κ3) is 2.50. The fourth-order valence-corrected chi connectivity index (χ4v) is 2.54. The fourth-order valence-electron chi connectivity index (χ4n) is 2.54. The van der Waals surface area contributed by atoms with Crippen molar-refractivity contribution in [3.8, 4) is 6.07 Å². The lowest BCUT2D eigenvalue weighted by Gasteiger charge is -2.25. The number of hydrogen-bond acceptors (Lipinski definition) is 2. The van der Waals surface area contributed by atoms with Crippen LogP contribution in [0.1, 0.15) is 43.9 Å². The van der Waals surface area contributed by atoms with E-state index in [1.165, 1.54) is 11.1 Å². The van der Waals surface area contributed by atoms with Crippen LogP contribution < -0.4 is 5.32 Å². The first-order chi connectivity index (χ1) is 8.03. The number of rotatable bonds is 2. The maximum absolute atomic E-state index is 9.17. The van der Waals surface area contributed by atoms with Gasteiger partial charge in [0.1, 0.15) is 0 Å². The van der Waals surface area contributed by atoms with Gasteiger partial charge in [0.05, 0.1) is 11.5 Å². The molecule has 0 saturated carbocycles. The quantitative estimate of drug-likeness (QED) is 0.842. The van der Waals surface area contributed by atoms with E-state index < -0.39 is 0 Å². The van der Waals surface area contributed by atoms with Gasteiger partial charge in [0.2, 0.25) is 0 Å². The summed E-state index contributed by atoms with van der Waals surface area (Å²) in [6.45, 7) is 6.15. The zero-order valence-electron chi connectivity index (χ0n) is 10.8. The maximum Gasteiger partial charge on any atom is 0.0700 e. The van der Waals surface area contributed by atoms with Gasteiger partial charge in [-0.3, -0.25) is 0 Å². The van der Waals surface area contributed by atoms with Gasteiger partial charge in [0.15, 0.2) is 0 Å². The van der Waals surface area contributed by atoms with Crippen LogP contribution in [0.3, 0.4) is 0 Å². The number of benzene rings is 1. The van der Waals surface area contributed by atoms with Gasteiger partial charge in [0, 0.05) is 12.1 Å². The Kier molecular flexibility index (Phi) is 3.22. The molecule has 2 atom stereocenters. The lowest BCUT2D eigenvalue weighted by molar-refractivity contribution is 0.341. The smallest absolute Gasteiger partial charge is 0.0700 e. The summed E-state index contributed by atoms with van der Waals surface area (Å²) in [7, 11) is 0. The average molecular weight is 228 g/mol. The van der Waals surface area contributed by atoms with E-state index in [2.05, 4.69) is 42.6 Å². The predicted molar refractivity (Wildman–Crippen MR) is 69.5 cm³/mol. The minimum absolute atomic E-state index is 0.279. The highest BCUT2D eigenvalue weighted by molar-refractivity contribution is 5.26. The highest BCUT2D eigenvalue weighted by atomic mass is 15.0. The van der Waals surface area contributed by atoms with Crippen molar-refractivity contribution in [3.63, 3.8) is 0 Å². The predicted octanol–water partition coefficient (Wildman–Crippen LogP) is 3.34. The van der Waals surface area contributed by atoms with E-state index in [0.29, 0.717) is 12.1 Å². The van der Waals surface area contributed by atoms with Gasteiger partial charge < -0.3 is 5.32 Å². The van der Waals surface area contributed by atoms with Crippen LogP contribution >= 0.6 is 0 Å². The summed E-state index contributed by atoms with van der Waals surface area (Å²) >= 11 is 0. The van der Waals surface area contributed by atoms with Crippen LogP contribution in [0.15, 0.2) is 24.3 Å². The van der Waals surface area contributed by atoms with Gasteiger partial charge in [-0.1, -0.05) is 29.8 Å². The molecule has 1 aromatic carbocycles. The Labute approximate surface area is 104 Å². The second-order valence-corrected chi connectivity index (χ2v) is 5.60. The number of nitrogens with zero attached hydrogens (tertiary/aromatic N) is 1. The average Bonchev–Trinajstić information content (AvgIpc) is 2.79. The number of hydrogen-bond donors (Lipinski definition) is 1. The molecule has 1 aromatic rings. The van der Waals surface area contributed by atoms with Crippen molar-refractivity contribution < 1.29 is 0 Å². The van der Waals surface area contributed by atoms with Crippen LogP contribution in [0.4, 0.5) is 0 Å². The highest BCUT2D eigenvalue weighted by Crippen LogP contribution is 2.34. The molecule has 0 radical (unpaired) electrons. The Hall–Kier alpha value is -1.33. The Morgan fingerprint density at radius 3 is 2.76 bits per heavy atom. The van der Waals surface area contributed by atoms with Gasteiger partial charge in [0.25, 0.3) is 0 Å². The molecule has 0 spiro atoms. The van der Waals surface area contributed by atoms with Crippen molar-refractivity contribution in [1.29, 1.82) is 5.26 Å². The molecule has 1 aliphatic heterocycles. The number of nitriles is 1. The zero-order chi connectivity index (χ0) is 12.5. The monoisotopic (exact) mass is 228 g/mol. The van der Waals surface area contributed by atoms with E-state index in [0.717, 1.165) is 12.8 Å². The van der Waals surface area contributed by atoms with Crippen molar-refractivity contribution in [2.75, 3.05) is 0 Å². The van der Waals surface area contributed by atoms with Gasteiger partial charge in [-0.15, -0.1) is 0 Å². The molecule has 1 aliphatic rings. The first kappa shape index (κ1) is 12.1. The summed E-state index contributed by atoms with van der Waals surface area (Å²) < 4.78 is 0. The van der Waals surface area contributed by atoms with Crippen LogP contribution in [0.25, 0.3) is 0 Å². The summed E-state index contributed by atoms with van der Waals surface area (Å²) in [5, 5.41) is 12.8. The minimum Gasteiger partial charge on any atom is -0.306 e. The van der Waals surface area contributed by atoms with E-state index in [4.69, 9.17) is 5.26 Å². The SMILES string of the molecule is Cc1cccc(C2CCC(C(C)(C)C#N)N2)c1. The molecule has 90 valence electrons. The Balaban J connectivity index is 2.11. The van der Waals surface area contributed by atoms with E-state index in [9.17, 15) is 0 Å². The molecule has 2 nitrogen and oxygen atoms in total. The fraction of sp³-hybridized carbons (Fsp3) is 0.533. The number of nitrogens with one attached hydrogen (secondary N) is 1. The van der Waals surface area contributed by atoms with Crippen molar-refractivity contribution in [2.45, 2.75) is 45.7 Å². The van der Waals surface area contributed by atoms with Crippen molar-refractivity contribution in [1.82, 2.24) is 5.32 Å². The topological polar surface area (TPSA) is 35.8 Å². The third-order valence-corrected chi connectivity index (χ3v) is 3.75. The van der Waals surface area contributed by atoms with E-state index in [1.807, 2.05) is 13.8 Å². The van der Waals surface area contributed by atoms with Gasteiger partial charge in [-0.2, -0.15) is 5.26 Å². The standard InChI is InChI=1S/C15H20N2/c1-11-5-4-6-12(9-11)13-7-8-14(17-13)15(2,3)10-16/h4-6,9,13-14,17H,7-8H2,1-3H3. The molecule has 1 saturated heterocycles. The first-order valence-corrected chi connectivity index (χ1v) is 6.27. The molecule has 1 fully saturated rings. The molecule has 0 aromatic heterocycles. The molecule has 2 unspecified atom stereocenters. The summed E-state index contributed by atoms with van der Waals surface area (Å²) in [6.07, 6.45) is 2.21. The van der Waals surface area contributed by atoms with Crippen LogP contribution in [0, 0.1) is 23.7 Å². The molecular formula is C15H20N2. The van der Waals surface area contributed by atoms with Crippen molar-refractivity contribution in [3.05, 3.63) is 35.4 Å². The van der Waals surface area contributed by atoms with Crippen molar-refractivity contribution >= 4 is 0 Å². The van der Waals surface area contributed by atoms with Crippen molar-refractivity contribution in [2.24, 2.45) is 5.41 Å². The second kappa shape index (κ2) is 4.50. The minimum atomic E-state index is -0.279. The molecule has 1 N–H and O–H groups in total. The van der Waals surface area contributed by atoms with Crippen LogP contribution in [0.5, 0.6) is 0 Å².